The number of amides is 1. The number of nitrogens with zero attached hydrogens (tertiary/aromatic N) is 1. The molecule has 1 aliphatic heterocycles. The van der Waals surface area contributed by atoms with E-state index in [1.165, 1.54) is 12.0 Å². The Kier molecular flexibility index (Phi) is 6.22. The van der Waals surface area contributed by atoms with E-state index >= 15 is 0 Å². The van der Waals surface area contributed by atoms with Crippen LogP contribution < -0.4 is 0 Å². The lowest BCUT2D eigenvalue weighted by molar-refractivity contribution is -0.136. The van der Waals surface area contributed by atoms with Crippen molar-refractivity contribution in [3.8, 4) is 0 Å². The molecule has 1 atom stereocenters. The largest absolute Gasteiger partial charge is 0.511 e. The zero-order valence-electron chi connectivity index (χ0n) is 13.8. The van der Waals surface area contributed by atoms with Gasteiger partial charge in [-0.3, -0.25) is 0 Å². The maximum Gasteiger partial charge on any atom is 0.410 e. The third kappa shape index (κ3) is 4.91. The second-order valence-corrected chi connectivity index (χ2v) is 6.19. The maximum absolute atomic E-state index is 12.2. The van der Waals surface area contributed by atoms with Crippen LogP contribution in [0.2, 0.25) is 0 Å². The van der Waals surface area contributed by atoms with Crippen molar-refractivity contribution in [2.45, 2.75) is 32.8 Å². The molecule has 0 saturated heterocycles. The molecule has 0 spiro atoms. The smallest absolute Gasteiger partial charge is 0.410 e. The van der Waals surface area contributed by atoms with E-state index in [-0.39, 0.29) is 30.3 Å². The van der Waals surface area contributed by atoms with Crippen LogP contribution >= 0.6 is 0 Å². The number of methoxy groups -OCH3 is 2. The van der Waals surface area contributed by atoms with E-state index in [0.717, 1.165) is 0 Å². The van der Waals surface area contributed by atoms with Crippen LogP contribution in [0.3, 0.4) is 0 Å². The lowest BCUT2D eigenvalue weighted by atomic mass is 9.94. The molecule has 0 bridgehead atoms. The van der Waals surface area contributed by atoms with Gasteiger partial charge in [-0.2, -0.15) is 0 Å². The first-order chi connectivity index (χ1) is 10.2. The normalized spacial score (nSPS) is 19.1. The SMILES string of the molecule is COCCC1CN(C(=O)OC(C)(C)C)CC(C(=O)OC)=C1O. The molecule has 1 unspecified atom stereocenters. The summed E-state index contributed by atoms with van der Waals surface area (Å²) in [6, 6.07) is 0. The maximum atomic E-state index is 12.2. The second kappa shape index (κ2) is 7.49. The van der Waals surface area contributed by atoms with Crippen LogP contribution in [0.5, 0.6) is 0 Å². The quantitative estimate of drug-likeness (QED) is 0.797. The first-order valence-electron chi connectivity index (χ1n) is 7.16. The van der Waals surface area contributed by atoms with Crippen molar-refractivity contribution in [3.63, 3.8) is 0 Å². The Balaban J connectivity index is 2.96. The minimum Gasteiger partial charge on any atom is -0.511 e. The molecule has 22 heavy (non-hydrogen) atoms. The lowest BCUT2D eigenvalue weighted by Gasteiger charge is -2.34. The first-order valence-corrected chi connectivity index (χ1v) is 7.16. The summed E-state index contributed by atoms with van der Waals surface area (Å²) in [5.41, 5.74) is -0.547. The molecule has 0 radical (unpaired) electrons. The summed E-state index contributed by atoms with van der Waals surface area (Å²) in [5.74, 6) is -1.06. The molecule has 0 aliphatic carbocycles. The molecular weight excluding hydrogens is 290 g/mol. The number of carbonyl (C=O) groups excluding carboxylic acids is 2. The molecule has 1 rings (SSSR count). The molecule has 1 aliphatic rings. The summed E-state index contributed by atoms with van der Waals surface area (Å²) in [6.45, 7) is 5.95. The highest BCUT2D eigenvalue weighted by Gasteiger charge is 2.35. The van der Waals surface area contributed by atoms with E-state index in [4.69, 9.17) is 9.47 Å². The van der Waals surface area contributed by atoms with E-state index in [0.29, 0.717) is 13.0 Å². The molecule has 7 nitrogen and oxygen atoms in total. The molecule has 126 valence electrons. The van der Waals surface area contributed by atoms with Gasteiger partial charge in [0.1, 0.15) is 11.4 Å². The number of esters is 1. The van der Waals surface area contributed by atoms with Gasteiger partial charge in [-0.1, -0.05) is 0 Å². The highest BCUT2D eigenvalue weighted by atomic mass is 16.6. The number of aliphatic hydroxyl groups is 1. The van der Waals surface area contributed by atoms with Crippen molar-refractivity contribution in [2.24, 2.45) is 5.92 Å². The van der Waals surface area contributed by atoms with Crippen molar-refractivity contribution in [1.29, 1.82) is 0 Å². The molecular formula is C15H25NO6. The number of aliphatic hydroxyl groups excluding tert-OH is 1. The molecule has 0 aromatic carbocycles. The number of rotatable bonds is 4. The van der Waals surface area contributed by atoms with Gasteiger partial charge in [0.25, 0.3) is 0 Å². The summed E-state index contributed by atoms with van der Waals surface area (Å²) in [5, 5.41) is 10.2. The van der Waals surface area contributed by atoms with E-state index in [1.54, 1.807) is 27.9 Å². The minimum absolute atomic E-state index is 0.0309. The first kappa shape index (κ1) is 18.3. The molecule has 0 fully saturated rings. The molecule has 0 aromatic heterocycles. The van der Waals surface area contributed by atoms with E-state index in [1.807, 2.05) is 0 Å². The molecule has 0 aromatic rings. The Morgan fingerprint density at radius 3 is 2.45 bits per heavy atom. The highest BCUT2D eigenvalue weighted by Crippen LogP contribution is 2.26. The van der Waals surface area contributed by atoms with Gasteiger partial charge in [0.2, 0.25) is 0 Å². The molecule has 1 heterocycles. The van der Waals surface area contributed by atoms with E-state index in [2.05, 4.69) is 4.74 Å². The van der Waals surface area contributed by atoms with Crippen molar-refractivity contribution in [2.75, 3.05) is 33.9 Å². The van der Waals surface area contributed by atoms with Gasteiger partial charge in [0.05, 0.1) is 19.2 Å². The Morgan fingerprint density at radius 1 is 1.32 bits per heavy atom. The van der Waals surface area contributed by atoms with Crippen molar-refractivity contribution in [1.82, 2.24) is 4.90 Å². The number of ether oxygens (including phenoxy) is 3. The van der Waals surface area contributed by atoms with Gasteiger partial charge in [-0.05, 0) is 27.2 Å². The fraction of sp³-hybridized carbons (Fsp3) is 0.733. The average molecular weight is 315 g/mol. The third-order valence-corrected chi connectivity index (χ3v) is 3.24. The monoisotopic (exact) mass is 315 g/mol. The zero-order valence-corrected chi connectivity index (χ0v) is 13.8. The summed E-state index contributed by atoms with van der Waals surface area (Å²) in [4.78, 5) is 25.4. The van der Waals surface area contributed by atoms with Crippen molar-refractivity contribution < 1.29 is 28.9 Å². The predicted octanol–water partition coefficient (Wildman–Crippen LogP) is 1.87. The topological polar surface area (TPSA) is 85.3 Å². The van der Waals surface area contributed by atoms with Crippen LogP contribution in [-0.2, 0) is 19.0 Å². The number of hydrogen-bond acceptors (Lipinski definition) is 6. The zero-order chi connectivity index (χ0) is 16.9. The highest BCUT2D eigenvalue weighted by molar-refractivity contribution is 5.90. The van der Waals surface area contributed by atoms with Gasteiger partial charge < -0.3 is 24.2 Å². The Labute approximate surface area is 130 Å². The fourth-order valence-electron chi connectivity index (χ4n) is 2.18. The van der Waals surface area contributed by atoms with Crippen LogP contribution in [0.25, 0.3) is 0 Å². The predicted molar refractivity (Wildman–Crippen MR) is 79.5 cm³/mol. The fourth-order valence-corrected chi connectivity index (χ4v) is 2.18. The average Bonchev–Trinajstić information content (AvgIpc) is 2.43. The second-order valence-electron chi connectivity index (χ2n) is 6.19. The molecule has 1 N–H and O–H groups in total. The molecule has 1 amide bonds. The number of hydrogen-bond donors (Lipinski definition) is 1. The lowest BCUT2D eigenvalue weighted by Crippen LogP contribution is -2.45. The summed E-state index contributed by atoms with van der Waals surface area (Å²) >= 11 is 0. The van der Waals surface area contributed by atoms with Gasteiger partial charge in [0, 0.05) is 26.2 Å². The van der Waals surface area contributed by atoms with Crippen LogP contribution in [-0.4, -0.2) is 61.6 Å². The summed E-state index contributed by atoms with van der Waals surface area (Å²) in [7, 11) is 2.79. The van der Waals surface area contributed by atoms with Crippen LogP contribution in [0.15, 0.2) is 11.3 Å². The summed E-state index contributed by atoms with van der Waals surface area (Å²) < 4.78 is 15.0. The number of carbonyl (C=O) groups is 2. The van der Waals surface area contributed by atoms with Crippen molar-refractivity contribution >= 4 is 12.1 Å². The Morgan fingerprint density at radius 2 is 1.95 bits per heavy atom. The van der Waals surface area contributed by atoms with Crippen LogP contribution in [0, 0.1) is 5.92 Å². The van der Waals surface area contributed by atoms with Crippen LogP contribution in [0.4, 0.5) is 4.79 Å². The Hall–Kier alpha value is -1.76. The van der Waals surface area contributed by atoms with Gasteiger partial charge in [0.15, 0.2) is 0 Å². The third-order valence-electron chi connectivity index (χ3n) is 3.24. The van der Waals surface area contributed by atoms with Crippen molar-refractivity contribution in [3.05, 3.63) is 11.3 Å². The van der Waals surface area contributed by atoms with Gasteiger partial charge in [-0.15, -0.1) is 0 Å². The van der Waals surface area contributed by atoms with Crippen LogP contribution in [0.1, 0.15) is 27.2 Å². The molecule has 0 saturated carbocycles. The van der Waals surface area contributed by atoms with Gasteiger partial charge >= 0.3 is 12.1 Å². The Bertz CT molecular complexity index is 451. The molecule has 7 heteroatoms. The van der Waals surface area contributed by atoms with E-state index < -0.39 is 17.7 Å². The summed E-state index contributed by atoms with van der Waals surface area (Å²) in [6.07, 6.45) is -0.0360. The standard InChI is InChI=1S/C15H25NO6/c1-15(2,3)22-14(19)16-8-10(6-7-20-4)12(17)11(9-16)13(18)21-5/h10,17H,6-9H2,1-5H3. The minimum atomic E-state index is -0.645. The van der Waals surface area contributed by atoms with E-state index in [9.17, 15) is 14.7 Å². The van der Waals surface area contributed by atoms with Gasteiger partial charge in [-0.25, -0.2) is 9.59 Å².